The maximum absolute atomic E-state index is 11.7. The number of esters is 1. The van der Waals surface area contributed by atoms with Crippen LogP contribution in [0.4, 0.5) is 0 Å². The van der Waals surface area contributed by atoms with Crippen molar-refractivity contribution in [3.05, 3.63) is 12.2 Å². The van der Waals surface area contributed by atoms with Crippen LogP contribution in [-0.2, 0) is 14.3 Å². The zero-order valence-corrected chi connectivity index (χ0v) is 19.3. The highest BCUT2D eigenvalue weighted by atomic mass is 16.6. The molecule has 4 heteroatoms. The summed E-state index contributed by atoms with van der Waals surface area (Å²) in [5.74, 6) is -0.229. The number of hydrogen-bond donors (Lipinski definition) is 1. The third kappa shape index (κ3) is 21.7. The zero-order chi connectivity index (χ0) is 21.4. The molecule has 0 aromatic rings. The van der Waals surface area contributed by atoms with Crippen LogP contribution in [0.1, 0.15) is 117 Å². The first-order chi connectivity index (χ1) is 14.2. The van der Waals surface area contributed by atoms with Gasteiger partial charge in [0.05, 0.1) is 13.2 Å². The van der Waals surface area contributed by atoms with Crippen LogP contribution in [-0.4, -0.2) is 37.0 Å². The van der Waals surface area contributed by atoms with Gasteiger partial charge in [0.15, 0.2) is 0 Å². The quantitative estimate of drug-likeness (QED) is 0.121. The molecular formula is C25H48O4. The molecular weight excluding hydrogens is 364 g/mol. The molecule has 0 aromatic carbocycles. The van der Waals surface area contributed by atoms with Gasteiger partial charge in [0.2, 0.25) is 0 Å². The summed E-state index contributed by atoms with van der Waals surface area (Å²) in [6, 6.07) is 0. The van der Waals surface area contributed by atoms with Crippen molar-refractivity contribution in [1.29, 1.82) is 0 Å². The Kier molecular flexibility index (Phi) is 22.7. The first-order valence-corrected chi connectivity index (χ1v) is 12.3. The number of aliphatic hydroxyl groups excluding tert-OH is 1. The lowest BCUT2D eigenvalue weighted by molar-refractivity contribution is -0.154. The van der Waals surface area contributed by atoms with Crippen molar-refractivity contribution < 1.29 is 19.4 Å². The second-order valence-electron chi connectivity index (χ2n) is 8.06. The summed E-state index contributed by atoms with van der Waals surface area (Å²) in [4.78, 5) is 11.7. The van der Waals surface area contributed by atoms with E-state index >= 15 is 0 Å². The van der Waals surface area contributed by atoms with E-state index in [9.17, 15) is 9.90 Å². The Morgan fingerprint density at radius 1 is 0.793 bits per heavy atom. The Morgan fingerprint density at radius 2 is 1.34 bits per heavy atom. The van der Waals surface area contributed by atoms with Gasteiger partial charge in [0.25, 0.3) is 0 Å². The number of carbonyl (C=O) groups is 1. The molecule has 0 spiro atoms. The van der Waals surface area contributed by atoms with E-state index < -0.39 is 6.10 Å². The van der Waals surface area contributed by atoms with E-state index in [-0.39, 0.29) is 12.6 Å². The highest BCUT2D eigenvalue weighted by Crippen LogP contribution is 2.09. The molecule has 0 aromatic heterocycles. The molecule has 29 heavy (non-hydrogen) atoms. The highest BCUT2D eigenvalue weighted by molar-refractivity contribution is 5.69. The number of unbranched alkanes of at least 4 members (excludes halogenated alkanes) is 12. The van der Waals surface area contributed by atoms with Crippen LogP contribution in [0.5, 0.6) is 0 Å². The van der Waals surface area contributed by atoms with Crippen molar-refractivity contribution in [3.63, 3.8) is 0 Å². The van der Waals surface area contributed by atoms with E-state index in [1.807, 2.05) is 0 Å². The standard InChI is InChI=1S/C25H48O4/c1-3-5-7-8-9-10-11-12-13-14-15-16-17-19-21-28-23-24(22-26)29-25(27)20-18-6-4-2/h10-11,24,26H,3-9,12-23H2,1-2H3/b11-10-. The lowest BCUT2D eigenvalue weighted by Crippen LogP contribution is -2.27. The first kappa shape index (κ1) is 28.1. The molecule has 0 aliphatic heterocycles. The van der Waals surface area contributed by atoms with Crippen LogP contribution in [0, 0.1) is 0 Å². The van der Waals surface area contributed by atoms with Crippen LogP contribution in [0.15, 0.2) is 12.2 Å². The minimum absolute atomic E-state index is 0.174. The van der Waals surface area contributed by atoms with Gasteiger partial charge in [-0.1, -0.05) is 83.8 Å². The fourth-order valence-corrected chi connectivity index (χ4v) is 3.20. The van der Waals surface area contributed by atoms with Crippen molar-refractivity contribution in [2.24, 2.45) is 0 Å². The lowest BCUT2D eigenvalue weighted by Gasteiger charge is -2.15. The molecule has 1 N–H and O–H groups in total. The smallest absolute Gasteiger partial charge is 0.306 e. The second-order valence-corrected chi connectivity index (χ2v) is 8.06. The zero-order valence-electron chi connectivity index (χ0n) is 19.3. The molecule has 172 valence electrons. The molecule has 0 saturated heterocycles. The van der Waals surface area contributed by atoms with Gasteiger partial charge in [-0.15, -0.1) is 0 Å². The topological polar surface area (TPSA) is 55.8 Å². The molecule has 0 aliphatic rings. The van der Waals surface area contributed by atoms with Crippen LogP contribution in [0.3, 0.4) is 0 Å². The average molecular weight is 413 g/mol. The van der Waals surface area contributed by atoms with Crippen molar-refractivity contribution >= 4 is 5.97 Å². The maximum atomic E-state index is 11.7. The third-order valence-electron chi connectivity index (χ3n) is 5.09. The van der Waals surface area contributed by atoms with Gasteiger partial charge < -0.3 is 14.6 Å². The average Bonchev–Trinajstić information content (AvgIpc) is 2.72. The molecule has 1 atom stereocenters. The number of hydrogen-bond acceptors (Lipinski definition) is 4. The SMILES string of the molecule is CCCCCC/C=C\CCCCCCCCOCC(CO)OC(=O)CCCCC. The van der Waals surface area contributed by atoms with Crippen LogP contribution < -0.4 is 0 Å². The predicted octanol–water partition coefficient (Wildman–Crippen LogP) is 6.74. The monoisotopic (exact) mass is 412 g/mol. The summed E-state index contributed by atoms with van der Waals surface area (Å²) in [5, 5.41) is 9.31. The normalized spacial score (nSPS) is 12.5. The van der Waals surface area contributed by atoms with Crippen LogP contribution >= 0.6 is 0 Å². The summed E-state index contributed by atoms with van der Waals surface area (Å²) in [5.41, 5.74) is 0. The van der Waals surface area contributed by atoms with Gasteiger partial charge in [-0.2, -0.15) is 0 Å². The van der Waals surface area contributed by atoms with E-state index in [2.05, 4.69) is 26.0 Å². The summed E-state index contributed by atoms with van der Waals surface area (Å²) in [6.07, 6.45) is 22.8. The van der Waals surface area contributed by atoms with Gasteiger partial charge in [-0.05, 0) is 38.5 Å². The van der Waals surface area contributed by atoms with E-state index in [1.54, 1.807) is 0 Å². The van der Waals surface area contributed by atoms with Crippen molar-refractivity contribution in [2.75, 3.05) is 19.8 Å². The largest absolute Gasteiger partial charge is 0.457 e. The second kappa shape index (κ2) is 23.4. The van der Waals surface area contributed by atoms with Crippen LogP contribution in [0.2, 0.25) is 0 Å². The molecule has 1 unspecified atom stereocenters. The number of carbonyl (C=O) groups excluding carboxylic acids is 1. The highest BCUT2D eigenvalue weighted by Gasteiger charge is 2.13. The lowest BCUT2D eigenvalue weighted by atomic mass is 10.1. The van der Waals surface area contributed by atoms with Gasteiger partial charge in [0, 0.05) is 13.0 Å². The maximum Gasteiger partial charge on any atom is 0.306 e. The van der Waals surface area contributed by atoms with E-state index in [1.165, 1.54) is 70.6 Å². The van der Waals surface area contributed by atoms with Gasteiger partial charge in [-0.25, -0.2) is 0 Å². The summed E-state index contributed by atoms with van der Waals surface area (Å²) in [6.45, 7) is 5.15. The number of rotatable bonds is 22. The number of aliphatic hydroxyl groups is 1. The Morgan fingerprint density at radius 3 is 1.97 bits per heavy atom. The van der Waals surface area contributed by atoms with Gasteiger partial charge in [-0.3, -0.25) is 4.79 Å². The molecule has 0 bridgehead atoms. The van der Waals surface area contributed by atoms with E-state index in [0.717, 1.165) is 25.7 Å². The Bertz CT molecular complexity index is 368. The minimum Gasteiger partial charge on any atom is -0.457 e. The molecule has 0 fully saturated rings. The minimum atomic E-state index is -0.524. The van der Waals surface area contributed by atoms with Crippen molar-refractivity contribution in [2.45, 2.75) is 123 Å². The molecule has 0 heterocycles. The van der Waals surface area contributed by atoms with Gasteiger partial charge in [0.1, 0.15) is 6.10 Å². The predicted molar refractivity (Wildman–Crippen MR) is 122 cm³/mol. The molecule has 4 nitrogen and oxygen atoms in total. The number of ether oxygens (including phenoxy) is 2. The summed E-state index contributed by atoms with van der Waals surface area (Å²) in [7, 11) is 0. The fraction of sp³-hybridized carbons (Fsp3) is 0.880. The Labute approximate surface area is 180 Å². The Balaban J connectivity index is 3.38. The summed E-state index contributed by atoms with van der Waals surface area (Å²) >= 11 is 0. The van der Waals surface area contributed by atoms with E-state index in [4.69, 9.17) is 9.47 Å². The number of allylic oxidation sites excluding steroid dienone is 2. The molecule has 0 radical (unpaired) electrons. The van der Waals surface area contributed by atoms with Gasteiger partial charge >= 0.3 is 5.97 Å². The molecule has 0 amide bonds. The van der Waals surface area contributed by atoms with Crippen molar-refractivity contribution in [1.82, 2.24) is 0 Å². The fourth-order valence-electron chi connectivity index (χ4n) is 3.20. The summed E-state index contributed by atoms with van der Waals surface area (Å²) < 4.78 is 10.8. The molecule has 0 saturated carbocycles. The molecule has 0 aliphatic carbocycles. The van der Waals surface area contributed by atoms with Crippen molar-refractivity contribution in [3.8, 4) is 0 Å². The van der Waals surface area contributed by atoms with Crippen LogP contribution in [0.25, 0.3) is 0 Å². The Hall–Kier alpha value is -0.870. The molecule has 0 rings (SSSR count). The first-order valence-electron chi connectivity index (χ1n) is 12.3. The van der Waals surface area contributed by atoms with E-state index in [0.29, 0.717) is 19.6 Å². The third-order valence-corrected chi connectivity index (χ3v) is 5.09.